The summed E-state index contributed by atoms with van der Waals surface area (Å²) in [4.78, 5) is 38.3. The highest BCUT2D eigenvalue weighted by atomic mass is 16.6. The predicted octanol–water partition coefficient (Wildman–Crippen LogP) is 22.3. The molecule has 0 spiro atoms. The van der Waals surface area contributed by atoms with E-state index in [1.165, 1.54) is 218 Å². The Hall–Kier alpha value is -2.89. The summed E-state index contributed by atoms with van der Waals surface area (Å²) in [5.41, 5.74) is 0. The third kappa shape index (κ3) is 61.8. The number of allylic oxidation sites excluding steroid dienone is 10. The van der Waals surface area contributed by atoms with Crippen LogP contribution in [0.1, 0.15) is 342 Å². The molecule has 0 aliphatic rings. The minimum atomic E-state index is -0.779. The summed E-state index contributed by atoms with van der Waals surface area (Å²) in [6.45, 7) is 6.65. The minimum absolute atomic E-state index is 0.0752. The number of carbonyl (C=O) groups excluding carboxylic acids is 3. The highest BCUT2D eigenvalue weighted by Crippen LogP contribution is 2.17. The Morgan fingerprint density at radius 3 is 0.760 bits per heavy atom. The zero-order chi connectivity index (χ0) is 54.3. The lowest BCUT2D eigenvalue weighted by molar-refractivity contribution is -0.167. The Kier molecular flexibility index (Phi) is 61.2. The van der Waals surface area contributed by atoms with E-state index in [0.29, 0.717) is 19.3 Å². The molecule has 0 aromatic carbocycles. The summed E-state index contributed by atoms with van der Waals surface area (Å²) in [5.74, 6) is -0.868. The number of ether oxygens (including phenoxy) is 3. The Morgan fingerprint density at radius 1 is 0.267 bits per heavy atom. The molecule has 6 nitrogen and oxygen atoms in total. The smallest absolute Gasteiger partial charge is 0.306 e. The third-order valence-electron chi connectivity index (χ3n) is 14.5. The van der Waals surface area contributed by atoms with Gasteiger partial charge >= 0.3 is 17.9 Å². The molecule has 0 saturated heterocycles. The van der Waals surface area contributed by atoms with Gasteiger partial charge in [0.15, 0.2) is 6.10 Å². The van der Waals surface area contributed by atoms with E-state index >= 15 is 0 Å². The number of esters is 3. The van der Waals surface area contributed by atoms with Crippen LogP contribution in [0.5, 0.6) is 0 Å². The Morgan fingerprint density at radius 2 is 0.480 bits per heavy atom. The lowest BCUT2D eigenvalue weighted by Gasteiger charge is -2.18. The first-order chi connectivity index (χ1) is 37.0. The van der Waals surface area contributed by atoms with Gasteiger partial charge in [0.1, 0.15) is 13.2 Å². The first-order valence-electron chi connectivity index (χ1n) is 32.8. The second kappa shape index (κ2) is 63.6. The molecule has 0 rings (SSSR count). The van der Waals surface area contributed by atoms with Crippen LogP contribution in [0, 0.1) is 0 Å². The molecule has 0 radical (unpaired) electrons. The number of carbonyl (C=O) groups is 3. The van der Waals surface area contributed by atoms with E-state index in [-0.39, 0.29) is 31.1 Å². The van der Waals surface area contributed by atoms with Crippen molar-refractivity contribution in [3.8, 4) is 0 Å². The van der Waals surface area contributed by atoms with E-state index in [4.69, 9.17) is 14.2 Å². The molecule has 6 heteroatoms. The van der Waals surface area contributed by atoms with Gasteiger partial charge in [-0.25, -0.2) is 0 Å². The van der Waals surface area contributed by atoms with Crippen molar-refractivity contribution in [2.45, 2.75) is 348 Å². The van der Waals surface area contributed by atoms with E-state index < -0.39 is 6.10 Å². The number of hydrogen-bond acceptors (Lipinski definition) is 6. The molecule has 0 aromatic rings. The van der Waals surface area contributed by atoms with Crippen molar-refractivity contribution in [2.24, 2.45) is 0 Å². The number of rotatable bonds is 60. The standard InChI is InChI=1S/C69H124O6/c1-4-7-10-13-16-19-22-25-28-30-32-33-34-35-36-37-38-40-41-44-47-50-53-56-59-62-68(71)74-65-66(64-73-67(70)61-58-55-52-49-46-43-27-24-21-18-15-12-9-6-3)75-69(72)63-60-57-54-51-48-45-42-39-31-29-26-23-20-17-14-11-8-5-2/h20,22-23,25,29-32,34-35,66H,4-19,21,24,26-28,33,36-65H2,1-3H3/b23-20-,25-22-,31-29-,32-30-,35-34-. The zero-order valence-corrected chi connectivity index (χ0v) is 50.1. The van der Waals surface area contributed by atoms with Gasteiger partial charge in [0.2, 0.25) is 0 Å². The van der Waals surface area contributed by atoms with Gasteiger partial charge < -0.3 is 14.2 Å². The van der Waals surface area contributed by atoms with Crippen molar-refractivity contribution in [1.82, 2.24) is 0 Å². The molecule has 0 aliphatic heterocycles. The maximum Gasteiger partial charge on any atom is 0.306 e. The highest BCUT2D eigenvalue weighted by Gasteiger charge is 2.19. The molecule has 0 heterocycles. The van der Waals surface area contributed by atoms with Gasteiger partial charge in [0.25, 0.3) is 0 Å². The van der Waals surface area contributed by atoms with E-state index in [2.05, 4.69) is 81.5 Å². The second-order valence-corrected chi connectivity index (χ2v) is 22.0. The third-order valence-corrected chi connectivity index (χ3v) is 14.5. The Labute approximate surface area is 466 Å². The van der Waals surface area contributed by atoms with Crippen molar-refractivity contribution < 1.29 is 28.6 Å². The second-order valence-electron chi connectivity index (χ2n) is 22.0. The molecular weight excluding hydrogens is 925 g/mol. The average molecular weight is 1050 g/mol. The van der Waals surface area contributed by atoms with E-state index in [9.17, 15) is 14.4 Å². The summed E-state index contributed by atoms with van der Waals surface area (Å²) in [5, 5.41) is 0. The molecule has 0 saturated carbocycles. The summed E-state index contributed by atoms with van der Waals surface area (Å²) in [6, 6.07) is 0. The van der Waals surface area contributed by atoms with Gasteiger partial charge in [-0.2, -0.15) is 0 Å². The molecule has 436 valence electrons. The van der Waals surface area contributed by atoms with Crippen LogP contribution in [0.25, 0.3) is 0 Å². The lowest BCUT2D eigenvalue weighted by Crippen LogP contribution is -2.30. The van der Waals surface area contributed by atoms with E-state index in [1.807, 2.05) is 0 Å². The molecule has 0 bridgehead atoms. The SMILES string of the molecule is CCCCCC/C=C\C/C=C\CCCCCCCCCC(=O)OC(COC(=O)CCCCCCCCCCCC/C=C\C/C=C\C/C=C\CCCCCCC)COC(=O)CCCCCCCCCCCCCCCC. The molecule has 75 heavy (non-hydrogen) atoms. The summed E-state index contributed by atoms with van der Waals surface area (Å²) < 4.78 is 16.9. The molecular formula is C69H124O6. The molecule has 0 aliphatic carbocycles. The number of unbranched alkanes of at least 4 members (excludes halogenated alkanes) is 39. The zero-order valence-electron chi connectivity index (χ0n) is 50.1. The van der Waals surface area contributed by atoms with Crippen LogP contribution < -0.4 is 0 Å². The van der Waals surface area contributed by atoms with E-state index in [1.54, 1.807) is 0 Å². The molecule has 0 aromatic heterocycles. The van der Waals surface area contributed by atoms with Crippen molar-refractivity contribution >= 4 is 17.9 Å². The van der Waals surface area contributed by atoms with Crippen molar-refractivity contribution in [2.75, 3.05) is 13.2 Å². The van der Waals surface area contributed by atoms with Crippen molar-refractivity contribution in [1.29, 1.82) is 0 Å². The largest absolute Gasteiger partial charge is 0.462 e. The maximum atomic E-state index is 12.9. The summed E-state index contributed by atoms with van der Waals surface area (Å²) >= 11 is 0. The van der Waals surface area contributed by atoms with Gasteiger partial charge in [-0.3, -0.25) is 14.4 Å². The fourth-order valence-electron chi connectivity index (χ4n) is 9.54. The van der Waals surface area contributed by atoms with Crippen LogP contribution >= 0.6 is 0 Å². The van der Waals surface area contributed by atoms with Crippen LogP contribution in [-0.4, -0.2) is 37.2 Å². The van der Waals surface area contributed by atoms with Gasteiger partial charge in [-0.05, 0) is 89.9 Å². The van der Waals surface area contributed by atoms with Crippen LogP contribution in [0.3, 0.4) is 0 Å². The molecule has 0 fully saturated rings. The lowest BCUT2D eigenvalue weighted by atomic mass is 10.0. The van der Waals surface area contributed by atoms with Crippen molar-refractivity contribution in [3.63, 3.8) is 0 Å². The summed E-state index contributed by atoms with van der Waals surface area (Å²) in [6.07, 6.45) is 80.8. The quantitative estimate of drug-likeness (QED) is 0.0261. The predicted molar refractivity (Wildman–Crippen MR) is 325 cm³/mol. The van der Waals surface area contributed by atoms with Gasteiger partial charge in [-0.15, -0.1) is 0 Å². The molecule has 1 unspecified atom stereocenters. The Balaban J connectivity index is 4.31. The topological polar surface area (TPSA) is 78.9 Å². The van der Waals surface area contributed by atoms with Crippen LogP contribution in [-0.2, 0) is 28.6 Å². The van der Waals surface area contributed by atoms with Gasteiger partial charge in [0, 0.05) is 19.3 Å². The highest BCUT2D eigenvalue weighted by molar-refractivity contribution is 5.71. The Bertz CT molecular complexity index is 1340. The number of hydrogen-bond donors (Lipinski definition) is 0. The normalized spacial score (nSPS) is 12.4. The van der Waals surface area contributed by atoms with Crippen LogP contribution in [0.4, 0.5) is 0 Å². The average Bonchev–Trinajstić information content (AvgIpc) is 3.41. The minimum Gasteiger partial charge on any atom is -0.462 e. The van der Waals surface area contributed by atoms with E-state index in [0.717, 1.165) is 83.5 Å². The molecule has 0 amide bonds. The summed E-state index contributed by atoms with van der Waals surface area (Å²) in [7, 11) is 0. The van der Waals surface area contributed by atoms with Crippen LogP contribution in [0.15, 0.2) is 60.8 Å². The fraction of sp³-hybridized carbons (Fsp3) is 0.812. The fourth-order valence-corrected chi connectivity index (χ4v) is 9.54. The van der Waals surface area contributed by atoms with Gasteiger partial charge in [0.05, 0.1) is 0 Å². The molecule has 0 N–H and O–H groups in total. The first-order valence-corrected chi connectivity index (χ1v) is 32.8. The van der Waals surface area contributed by atoms with Gasteiger partial charge in [-0.1, -0.05) is 293 Å². The van der Waals surface area contributed by atoms with Crippen molar-refractivity contribution in [3.05, 3.63) is 60.8 Å². The first kappa shape index (κ1) is 72.1. The monoisotopic (exact) mass is 1050 g/mol. The van der Waals surface area contributed by atoms with Crippen LogP contribution in [0.2, 0.25) is 0 Å². The molecule has 1 atom stereocenters. The maximum absolute atomic E-state index is 12.9.